The standard InChI is InChI=1S/C29H26NOPS.HI/c1-2-33-23-28(30-29(31)24-15-7-3-8-16-24)32(25-17-9-4-10-18-25,26-19-11-5-12-20-26)27-21-13-6-14-22-27;/h3-23H,2H2,1H3;1H/b28-23+;. The van der Waals surface area contributed by atoms with E-state index < -0.39 is 7.26 Å². The smallest absolute Gasteiger partial charge is 0.258 e. The molecule has 0 aromatic heterocycles. The molecule has 0 aliphatic rings. The number of halogens is 1. The van der Waals surface area contributed by atoms with E-state index >= 15 is 0 Å². The Hall–Kier alpha value is -2.40. The molecule has 0 aliphatic carbocycles. The lowest BCUT2D eigenvalue weighted by molar-refractivity contribution is -0.0000146. The number of thioether (sulfide) groups is 1. The zero-order chi connectivity index (χ0) is 22.9. The normalized spacial score (nSPS) is 11.4. The fourth-order valence-corrected chi connectivity index (χ4v) is 9.05. The van der Waals surface area contributed by atoms with E-state index in [9.17, 15) is 4.79 Å². The van der Waals surface area contributed by atoms with E-state index in [1.54, 1.807) is 11.8 Å². The van der Waals surface area contributed by atoms with E-state index in [1.165, 1.54) is 15.9 Å². The van der Waals surface area contributed by atoms with E-state index in [-0.39, 0.29) is 29.9 Å². The summed E-state index contributed by atoms with van der Waals surface area (Å²) in [6.07, 6.45) is 0. The molecule has 0 unspecified atom stereocenters. The van der Waals surface area contributed by atoms with E-state index in [2.05, 4.69) is 90.4 Å². The molecule has 172 valence electrons. The van der Waals surface area contributed by atoms with Crippen molar-refractivity contribution in [1.29, 1.82) is 0 Å². The molecule has 0 atom stereocenters. The van der Waals surface area contributed by atoms with Crippen LogP contribution < -0.4 is 45.2 Å². The summed E-state index contributed by atoms with van der Waals surface area (Å²) in [4.78, 5) is 13.4. The van der Waals surface area contributed by atoms with E-state index in [0.29, 0.717) is 5.56 Å². The minimum Gasteiger partial charge on any atom is -1.00 e. The zero-order valence-corrected chi connectivity index (χ0v) is 22.8. The van der Waals surface area contributed by atoms with Crippen LogP contribution in [-0.4, -0.2) is 11.7 Å². The second-order valence-corrected chi connectivity index (χ2v) is 12.0. The van der Waals surface area contributed by atoms with Crippen LogP contribution in [0, 0.1) is 0 Å². The number of hydrogen-bond donors (Lipinski definition) is 1. The Morgan fingerprint density at radius 3 is 1.47 bits per heavy atom. The summed E-state index contributed by atoms with van der Waals surface area (Å²) in [7, 11) is -2.36. The Kier molecular flexibility index (Phi) is 9.94. The Morgan fingerprint density at radius 2 is 1.09 bits per heavy atom. The zero-order valence-electron chi connectivity index (χ0n) is 19.0. The number of amides is 1. The average Bonchev–Trinajstić information content (AvgIpc) is 2.90. The van der Waals surface area contributed by atoms with Crippen molar-refractivity contribution in [3.8, 4) is 0 Å². The highest BCUT2D eigenvalue weighted by Crippen LogP contribution is 2.61. The predicted molar refractivity (Wildman–Crippen MR) is 145 cm³/mol. The summed E-state index contributed by atoms with van der Waals surface area (Å²) >= 11 is 1.72. The molecule has 0 spiro atoms. The molecule has 1 N–H and O–H groups in total. The van der Waals surface area contributed by atoms with Gasteiger partial charge in [-0.2, -0.15) is 0 Å². The lowest BCUT2D eigenvalue weighted by Crippen LogP contribution is -3.00. The predicted octanol–water partition coefficient (Wildman–Crippen LogP) is 2.97. The molecular formula is C29H27INOPS. The molecule has 4 aromatic carbocycles. The number of benzene rings is 4. The molecule has 1 amide bonds. The third kappa shape index (κ3) is 5.63. The van der Waals surface area contributed by atoms with Crippen molar-refractivity contribution in [3.05, 3.63) is 138 Å². The lowest BCUT2D eigenvalue weighted by Gasteiger charge is -2.29. The highest BCUT2D eigenvalue weighted by Gasteiger charge is 2.50. The lowest BCUT2D eigenvalue weighted by atomic mass is 10.2. The molecule has 0 aliphatic heterocycles. The third-order valence-corrected chi connectivity index (χ3v) is 10.5. The van der Waals surface area contributed by atoms with Gasteiger partial charge in [-0.3, -0.25) is 10.1 Å². The SMILES string of the molecule is CCS/C=C(\NC(=O)c1ccccc1)[P+](c1ccccc1)(c1ccccc1)c1ccccc1.[I-]. The number of hydrogen-bond acceptors (Lipinski definition) is 2. The highest BCUT2D eigenvalue weighted by molar-refractivity contribution is 8.04. The molecule has 0 bridgehead atoms. The molecule has 5 heteroatoms. The van der Waals surface area contributed by atoms with Gasteiger partial charge in [0.2, 0.25) is 0 Å². The number of rotatable bonds is 8. The fourth-order valence-electron chi connectivity index (χ4n) is 3.95. The van der Waals surface area contributed by atoms with Crippen LogP contribution in [0.2, 0.25) is 0 Å². The highest BCUT2D eigenvalue weighted by atomic mass is 127. The van der Waals surface area contributed by atoms with E-state index in [1.807, 2.05) is 48.5 Å². The quantitative estimate of drug-likeness (QED) is 0.251. The van der Waals surface area contributed by atoms with Crippen LogP contribution in [0.5, 0.6) is 0 Å². The molecule has 0 heterocycles. The molecule has 0 saturated carbocycles. The van der Waals surface area contributed by atoms with Crippen LogP contribution in [0.3, 0.4) is 0 Å². The van der Waals surface area contributed by atoms with Gasteiger partial charge in [0.15, 0.2) is 12.7 Å². The van der Waals surface area contributed by atoms with Crippen LogP contribution in [0.1, 0.15) is 17.3 Å². The Balaban J connectivity index is 0.00000324. The van der Waals surface area contributed by atoms with Crippen molar-refractivity contribution in [3.63, 3.8) is 0 Å². The number of carbonyl (C=O) groups excluding carboxylic acids is 1. The van der Waals surface area contributed by atoms with Crippen LogP contribution in [0.25, 0.3) is 0 Å². The maximum absolute atomic E-state index is 13.4. The van der Waals surface area contributed by atoms with E-state index in [0.717, 1.165) is 11.2 Å². The summed E-state index contributed by atoms with van der Waals surface area (Å²) in [5, 5.41) is 9.13. The van der Waals surface area contributed by atoms with Crippen molar-refractivity contribution in [1.82, 2.24) is 5.32 Å². The molecule has 2 nitrogen and oxygen atoms in total. The average molecular weight is 595 g/mol. The maximum atomic E-state index is 13.4. The van der Waals surface area contributed by atoms with Crippen molar-refractivity contribution in [2.24, 2.45) is 0 Å². The first-order valence-corrected chi connectivity index (χ1v) is 13.8. The van der Waals surface area contributed by atoms with Gasteiger partial charge in [0, 0.05) is 11.0 Å². The summed E-state index contributed by atoms with van der Waals surface area (Å²) in [6.45, 7) is 2.13. The Bertz CT molecular complexity index is 1110. The third-order valence-electron chi connectivity index (χ3n) is 5.43. The molecule has 0 fully saturated rings. The topological polar surface area (TPSA) is 29.1 Å². The second kappa shape index (κ2) is 12.9. The maximum Gasteiger partial charge on any atom is 0.258 e. The molecular weight excluding hydrogens is 568 g/mol. The number of carbonyl (C=O) groups is 1. The van der Waals surface area contributed by atoms with Gasteiger partial charge < -0.3 is 24.0 Å². The van der Waals surface area contributed by atoms with Gasteiger partial charge >= 0.3 is 0 Å². The minimum atomic E-state index is -2.36. The van der Waals surface area contributed by atoms with E-state index in [4.69, 9.17) is 0 Å². The minimum absolute atomic E-state index is 0. The van der Waals surface area contributed by atoms with Gasteiger partial charge in [0.05, 0.1) is 0 Å². The molecule has 4 rings (SSSR count). The van der Waals surface area contributed by atoms with Crippen molar-refractivity contribution < 1.29 is 28.8 Å². The molecule has 0 radical (unpaired) electrons. The molecule has 4 aromatic rings. The summed E-state index contributed by atoms with van der Waals surface area (Å²) < 4.78 is 0. The van der Waals surface area contributed by atoms with Crippen molar-refractivity contribution in [2.75, 3.05) is 5.75 Å². The van der Waals surface area contributed by atoms with Gasteiger partial charge in [-0.15, -0.1) is 11.8 Å². The van der Waals surface area contributed by atoms with Crippen LogP contribution in [0.15, 0.2) is 132 Å². The first-order valence-electron chi connectivity index (χ1n) is 11.0. The van der Waals surface area contributed by atoms with Crippen molar-refractivity contribution in [2.45, 2.75) is 6.92 Å². The largest absolute Gasteiger partial charge is 1.00 e. The Morgan fingerprint density at radius 1 is 0.706 bits per heavy atom. The first kappa shape index (κ1) is 26.2. The monoisotopic (exact) mass is 595 g/mol. The van der Waals surface area contributed by atoms with Crippen LogP contribution in [0.4, 0.5) is 0 Å². The molecule has 34 heavy (non-hydrogen) atoms. The van der Waals surface area contributed by atoms with Gasteiger partial charge in [-0.05, 0) is 54.3 Å². The summed E-state index contributed by atoms with van der Waals surface area (Å²) in [6, 6.07) is 41.2. The first-order chi connectivity index (χ1) is 16.3. The van der Waals surface area contributed by atoms with Gasteiger partial charge in [-0.1, -0.05) is 79.7 Å². The van der Waals surface area contributed by atoms with Gasteiger partial charge in [-0.25, -0.2) is 0 Å². The van der Waals surface area contributed by atoms with Crippen LogP contribution >= 0.6 is 19.0 Å². The molecule has 0 saturated heterocycles. The fraction of sp³-hybridized carbons (Fsp3) is 0.0690. The second-order valence-electron chi connectivity index (χ2n) is 7.46. The summed E-state index contributed by atoms with van der Waals surface area (Å²) in [5.41, 5.74) is 1.60. The van der Waals surface area contributed by atoms with Crippen molar-refractivity contribution >= 4 is 40.8 Å². The Labute approximate surface area is 224 Å². The van der Waals surface area contributed by atoms with Crippen LogP contribution in [-0.2, 0) is 0 Å². The number of nitrogens with one attached hydrogen (secondary N) is 1. The van der Waals surface area contributed by atoms with Gasteiger partial charge in [0.25, 0.3) is 5.91 Å². The summed E-state index contributed by atoms with van der Waals surface area (Å²) in [5.74, 6) is 0.828. The van der Waals surface area contributed by atoms with Gasteiger partial charge in [0.1, 0.15) is 15.9 Å².